The van der Waals surface area contributed by atoms with Crippen molar-refractivity contribution in [3.63, 3.8) is 0 Å². The molecular weight excluding hydrogens is 732 g/mol. The summed E-state index contributed by atoms with van der Waals surface area (Å²) in [6.45, 7) is 13.1. The molecule has 2 aliphatic heterocycles. The van der Waals surface area contributed by atoms with E-state index in [1.54, 1.807) is 101 Å². The lowest BCUT2D eigenvalue weighted by atomic mass is 9.98. The van der Waals surface area contributed by atoms with E-state index < -0.39 is 53.8 Å². The molecule has 13 heteroatoms. The minimum absolute atomic E-state index is 0.135. The average Bonchev–Trinajstić information content (AvgIpc) is 3.48. The molecular formula is C44H54N2O11. The minimum Gasteiger partial charge on any atom is -0.493 e. The quantitative estimate of drug-likeness (QED) is 0.0609. The smallest absolute Gasteiger partial charge is 0.416 e. The average molecular weight is 787 g/mol. The van der Waals surface area contributed by atoms with E-state index in [4.69, 9.17) is 37.9 Å². The number of benzene rings is 2. The van der Waals surface area contributed by atoms with Crippen molar-refractivity contribution in [2.24, 2.45) is 5.92 Å². The number of cyclic esters (lactones) is 1. The summed E-state index contributed by atoms with van der Waals surface area (Å²) in [5, 5.41) is 0. The van der Waals surface area contributed by atoms with Crippen LogP contribution in [0, 0.1) is 5.92 Å². The number of methoxy groups -OCH3 is 1. The van der Waals surface area contributed by atoms with E-state index in [0.29, 0.717) is 35.5 Å². The molecule has 5 atom stereocenters. The Bertz CT molecular complexity index is 1870. The first kappa shape index (κ1) is 42.9. The van der Waals surface area contributed by atoms with Crippen molar-refractivity contribution in [2.45, 2.75) is 97.1 Å². The maximum atomic E-state index is 14.0. The molecule has 3 heterocycles. The fourth-order valence-corrected chi connectivity index (χ4v) is 6.23. The van der Waals surface area contributed by atoms with E-state index in [-0.39, 0.29) is 37.2 Å². The molecule has 0 bridgehead atoms. The van der Waals surface area contributed by atoms with Gasteiger partial charge in [0, 0.05) is 31.8 Å². The van der Waals surface area contributed by atoms with Gasteiger partial charge in [-0.2, -0.15) is 0 Å². The first-order valence-corrected chi connectivity index (χ1v) is 19.2. The Morgan fingerprint density at radius 2 is 1.74 bits per heavy atom. The predicted molar refractivity (Wildman–Crippen MR) is 213 cm³/mol. The van der Waals surface area contributed by atoms with Gasteiger partial charge in [0.15, 0.2) is 12.6 Å². The molecule has 1 aromatic heterocycles. The summed E-state index contributed by atoms with van der Waals surface area (Å²) in [6, 6.07) is 17.4. The monoisotopic (exact) mass is 786 g/mol. The number of anilines is 1. The van der Waals surface area contributed by atoms with Crippen LogP contribution in [0.5, 0.6) is 11.5 Å². The molecule has 2 unspecified atom stereocenters. The fourth-order valence-electron chi connectivity index (χ4n) is 6.23. The Morgan fingerprint density at radius 3 is 2.44 bits per heavy atom. The van der Waals surface area contributed by atoms with E-state index in [1.807, 2.05) is 39.0 Å². The van der Waals surface area contributed by atoms with Crippen LogP contribution in [0.15, 0.2) is 85.1 Å². The summed E-state index contributed by atoms with van der Waals surface area (Å²) in [5.41, 5.74) is 0.379. The molecule has 0 radical (unpaired) electrons. The number of nitrogens with zero attached hydrogens (tertiary/aromatic N) is 2. The maximum Gasteiger partial charge on any atom is 0.416 e. The summed E-state index contributed by atoms with van der Waals surface area (Å²) < 4.78 is 47.8. The molecule has 0 aliphatic carbocycles. The number of esters is 2. The number of rotatable bonds is 11. The SMILES string of the molecule is COCOc1cc(OCCCN(C(=O)OC(C)(C)C)c2ccccn2)cc2c1C(=O)OC(C)[C@H](C)/C=C\C(OC(=O)c1ccccc1)[C@H]1OC(C)(C)O[C@H]1CC=C2. The summed E-state index contributed by atoms with van der Waals surface area (Å²) in [7, 11) is 1.48. The Kier molecular flexibility index (Phi) is 14.5. The van der Waals surface area contributed by atoms with E-state index in [1.165, 1.54) is 12.0 Å². The number of carbonyl (C=O) groups is 3. The van der Waals surface area contributed by atoms with E-state index >= 15 is 0 Å². The second-order valence-electron chi connectivity index (χ2n) is 15.3. The van der Waals surface area contributed by atoms with Crippen molar-refractivity contribution in [2.75, 3.05) is 32.0 Å². The second-order valence-corrected chi connectivity index (χ2v) is 15.3. The van der Waals surface area contributed by atoms with Crippen LogP contribution in [0.25, 0.3) is 6.08 Å². The molecule has 1 amide bonds. The third kappa shape index (κ3) is 12.1. The van der Waals surface area contributed by atoms with Crippen molar-refractivity contribution in [3.05, 3.63) is 102 Å². The van der Waals surface area contributed by atoms with Crippen molar-refractivity contribution in [1.29, 1.82) is 0 Å². The number of hydrogen-bond acceptors (Lipinski definition) is 12. The van der Waals surface area contributed by atoms with Crippen LogP contribution in [-0.2, 0) is 28.4 Å². The van der Waals surface area contributed by atoms with Crippen LogP contribution in [0.4, 0.5) is 10.6 Å². The molecule has 5 rings (SSSR count). The molecule has 57 heavy (non-hydrogen) atoms. The fraction of sp³-hybridized carbons (Fsp3) is 0.455. The third-order valence-electron chi connectivity index (χ3n) is 9.08. The van der Waals surface area contributed by atoms with Gasteiger partial charge in [0.05, 0.1) is 18.3 Å². The zero-order chi connectivity index (χ0) is 41.2. The van der Waals surface area contributed by atoms with Crippen molar-refractivity contribution in [1.82, 2.24) is 4.98 Å². The lowest BCUT2D eigenvalue weighted by Gasteiger charge is -2.26. The van der Waals surface area contributed by atoms with Crippen LogP contribution in [0.1, 0.15) is 87.6 Å². The third-order valence-corrected chi connectivity index (χ3v) is 9.08. The normalized spacial score (nSPS) is 22.5. The first-order chi connectivity index (χ1) is 27.1. The summed E-state index contributed by atoms with van der Waals surface area (Å²) >= 11 is 0. The lowest BCUT2D eigenvalue weighted by Crippen LogP contribution is -2.38. The van der Waals surface area contributed by atoms with Crippen molar-refractivity contribution in [3.8, 4) is 11.5 Å². The van der Waals surface area contributed by atoms with Gasteiger partial charge in [0.1, 0.15) is 46.8 Å². The van der Waals surface area contributed by atoms with Crippen LogP contribution in [-0.4, -0.2) is 85.9 Å². The highest BCUT2D eigenvalue weighted by molar-refractivity contribution is 5.97. The van der Waals surface area contributed by atoms with Gasteiger partial charge >= 0.3 is 18.0 Å². The van der Waals surface area contributed by atoms with Gasteiger partial charge in [0.2, 0.25) is 0 Å². The van der Waals surface area contributed by atoms with Crippen LogP contribution >= 0.6 is 0 Å². The Morgan fingerprint density at radius 1 is 0.982 bits per heavy atom. The molecule has 0 spiro atoms. The van der Waals surface area contributed by atoms with Crippen molar-refractivity contribution >= 4 is 29.9 Å². The Hall–Kier alpha value is -5.24. The molecule has 306 valence electrons. The van der Waals surface area contributed by atoms with Crippen LogP contribution in [0.3, 0.4) is 0 Å². The highest BCUT2D eigenvalue weighted by Crippen LogP contribution is 2.36. The highest BCUT2D eigenvalue weighted by Gasteiger charge is 2.45. The van der Waals surface area contributed by atoms with Gasteiger partial charge in [-0.05, 0) is 96.4 Å². The highest BCUT2D eigenvalue weighted by atomic mass is 16.8. The molecule has 2 aliphatic rings. The molecule has 3 aromatic rings. The van der Waals surface area contributed by atoms with Gasteiger partial charge in [-0.15, -0.1) is 0 Å². The number of aromatic nitrogens is 1. The standard InChI is InChI=1S/C44H54N2O11/c1-29-21-22-34(54-40(47)31-16-10-9-11-17-31)39-35(55-44(6,7)56-39)19-14-18-32-26-33(27-36(52-28-50-8)38(32)41(48)53-30(29)2)51-25-15-24-46(37-20-12-13-23-45-37)42(49)57-43(3,4)5/h9-14,16-18,20-23,26-27,29-30,34-35,39H,15,19,24-25,28H2,1-8H3/b18-14?,22-21-/t29-,30?,34?,35+,39-/m1/s1. The number of pyridine rings is 1. The lowest BCUT2D eigenvalue weighted by molar-refractivity contribution is -0.152. The van der Waals surface area contributed by atoms with Gasteiger partial charge in [-0.25, -0.2) is 19.4 Å². The van der Waals surface area contributed by atoms with Gasteiger partial charge in [0.25, 0.3) is 0 Å². The van der Waals surface area contributed by atoms with Gasteiger partial charge in [-0.1, -0.05) is 49.4 Å². The largest absolute Gasteiger partial charge is 0.493 e. The topological polar surface area (TPSA) is 141 Å². The molecule has 1 saturated heterocycles. The van der Waals surface area contributed by atoms with Crippen molar-refractivity contribution < 1.29 is 52.3 Å². The zero-order valence-corrected chi connectivity index (χ0v) is 34.0. The van der Waals surface area contributed by atoms with E-state index in [0.717, 1.165) is 0 Å². The maximum absolute atomic E-state index is 14.0. The first-order valence-electron chi connectivity index (χ1n) is 19.2. The molecule has 0 N–H and O–H groups in total. The number of ether oxygens (including phenoxy) is 8. The van der Waals surface area contributed by atoms with Crippen LogP contribution in [0.2, 0.25) is 0 Å². The molecule has 0 saturated carbocycles. The number of hydrogen-bond donors (Lipinski definition) is 0. The summed E-state index contributed by atoms with van der Waals surface area (Å²) in [5.74, 6) is -1.28. The van der Waals surface area contributed by atoms with Crippen LogP contribution < -0.4 is 14.4 Å². The van der Waals surface area contributed by atoms with Gasteiger partial charge in [-0.3, -0.25) is 4.90 Å². The summed E-state index contributed by atoms with van der Waals surface area (Å²) in [6.07, 6.45) is 6.57. The molecule has 2 aromatic carbocycles. The van der Waals surface area contributed by atoms with E-state index in [2.05, 4.69) is 4.98 Å². The van der Waals surface area contributed by atoms with E-state index in [9.17, 15) is 14.4 Å². The molecule has 1 fully saturated rings. The molecule has 13 nitrogen and oxygen atoms in total. The number of fused-ring (bicyclic) bond motifs is 2. The minimum atomic E-state index is -0.962. The Labute approximate surface area is 334 Å². The number of carbonyl (C=O) groups excluding carboxylic acids is 3. The Balaban J connectivity index is 1.43. The van der Waals surface area contributed by atoms with Gasteiger partial charge < -0.3 is 37.9 Å². The predicted octanol–water partition coefficient (Wildman–Crippen LogP) is 8.18. The second kappa shape index (κ2) is 19.3. The zero-order valence-electron chi connectivity index (χ0n) is 34.0. The number of amides is 1. The summed E-state index contributed by atoms with van der Waals surface area (Å²) in [4.78, 5) is 46.2.